The molecular formula is C9H18BrO4P. The highest BCUT2D eigenvalue weighted by atomic mass is 79.9. The van der Waals surface area contributed by atoms with Gasteiger partial charge in [0.25, 0.3) is 0 Å². The minimum absolute atomic E-state index is 0.245. The minimum atomic E-state index is -3.33. The van der Waals surface area contributed by atoms with Crippen LogP contribution in [0.5, 0.6) is 0 Å². The number of hydrogen-bond acceptors (Lipinski definition) is 4. The lowest BCUT2D eigenvalue weighted by Gasteiger charge is -2.21. The van der Waals surface area contributed by atoms with Gasteiger partial charge in [-0.15, -0.1) is 0 Å². The van der Waals surface area contributed by atoms with Crippen LogP contribution in [0.1, 0.15) is 33.6 Å². The van der Waals surface area contributed by atoms with Crippen LogP contribution in [0.4, 0.5) is 0 Å². The predicted molar refractivity (Wildman–Crippen MR) is 63.5 cm³/mol. The molecule has 0 spiro atoms. The quantitative estimate of drug-likeness (QED) is 0.509. The highest BCUT2D eigenvalue weighted by Gasteiger charge is 2.37. The first-order chi connectivity index (χ1) is 6.98. The fourth-order valence-electron chi connectivity index (χ4n) is 0.828. The van der Waals surface area contributed by atoms with Crippen molar-refractivity contribution in [3.63, 3.8) is 0 Å². The zero-order valence-corrected chi connectivity index (χ0v) is 11.8. The molecule has 0 saturated carbocycles. The average Bonchev–Trinajstić information content (AvgIpc) is 2.22. The van der Waals surface area contributed by atoms with E-state index >= 15 is 0 Å². The van der Waals surface area contributed by atoms with Gasteiger partial charge in [-0.05, 0) is 19.8 Å². The van der Waals surface area contributed by atoms with Crippen LogP contribution < -0.4 is 0 Å². The summed E-state index contributed by atoms with van der Waals surface area (Å²) in [5.74, 6) is -0.245. The summed E-state index contributed by atoms with van der Waals surface area (Å²) >= 11 is 3.06. The van der Waals surface area contributed by atoms with Crippen LogP contribution in [0, 0.1) is 0 Å². The molecule has 0 N–H and O–H groups in total. The van der Waals surface area contributed by atoms with Crippen LogP contribution in [0.15, 0.2) is 0 Å². The molecule has 6 heteroatoms. The Bertz CT molecular complexity index is 232. The molecular weight excluding hydrogens is 283 g/mol. The largest absolute Gasteiger partial charge is 0.351 e. The molecule has 0 aromatic carbocycles. The van der Waals surface area contributed by atoms with Gasteiger partial charge < -0.3 is 9.05 Å². The van der Waals surface area contributed by atoms with Gasteiger partial charge in [0.15, 0.2) is 10.4 Å². The van der Waals surface area contributed by atoms with E-state index < -0.39 is 12.2 Å². The van der Waals surface area contributed by atoms with Gasteiger partial charge >= 0.3 is 7.60 Å². The van der Waals surface area contributed by atoms with Crippen molar-refractivity contribution in [3.05, 3.63) is 0 Å². The fraction of sp³-hybridized carbons (Fsp3) is 0.889. The molecule has 0 bridgehead atoms. The lowest BCUT2D eigenvalue weighted by Crippen LogP contribution is -2.15. The van der Waals surface area contributed by atoms with Gasteiger partial charge in [-0.3, -0.25) is 9.36 Å². The van der Waals surface area contributed by atoms with E-state index in [1.807, 2.05) is 13.8 Å². The summed E-state index contributed by atoms with van der Waals surface area (Å²) in [4.78, 5) is 11.1. The number of carbonyl (C=O) groups excluding carboxylic acids is 1. The van der Waals surface area contributed by atoms with Crippen LogP contribution in [0.3, 0.4) is 0 Å². The number of alkyl halides is 1. The van der Waals surface area contributed by atoms with Gasteiger partial charge in [0, 0.05) is 0 Å². The Labute approximate surface area is 99.4 Å². The Morgan fingerprint density at radius 1 is 1.27 bits per heavy atom. The summed E-state index contributed by atoms with van der Waals surface area (Å²) in [6, 6.07) is 0. The van der Waals surface area contributed by atoms with Crippen molar-refractivity contribution >= 4 is 29.3 Å². The van der Waals surface area contributed by atoms with Crippen molar-refractivity contribution in [1.82, 2.24) is 0 Å². The van der Waals surface area contributed by atoms with Gasteiger partial charge in [-0.2, -0.15) is 0 Å². The van der Waals surface area contributed by atoms with E-state index in [0.29, 0.717) is 13.2 Å². The molecule has 0 aromatic heterocycles. The molecule has 0 fully saturated rings. The molecule has 0 heterocycles. The maximum Gasteiger partial charge on any atom is 0.351 e. The average molecular weight is 301 g/mol. The summed E-state index contributed by atoms with van der Waals surface area (Å²) in [6.07, 6.45) is 1.47. The number of ketones is 1. The number of hydrogen-bond donors (Lipinski definition) is 0. The first-order valence-electron chi connectivity index (χ1n) is 5.01. The smallest absolute Gasteiger partial charge is 0.308 e. The van der Waals surface area contributed by atoms with E-state index in [1.165, 1.54) is 6.92 Å². The molecule has 0 rings (SSSR count). The number of Topliss-reactive ketones (excluding diaryl/α,β-unsaturated/α-hetero) is 1. The van der Waals surface area contributed by atoms with Crippen molar-refractivity contribution in [2.24, 2.45) is 0 Å². The zero-order valence-electron chi connectivity index (χ0n) is 9.36. The Hall–Kier alpha value is 0.300. The maximum absolute atomic E-state index is 12.2. The lowest BCUT2D eigenvalue weighted by molar-refractivity contribution is -0.115. The minimum Gasteiger partial charge on any atom is -0.308 e. The summed E-state index contributed by atoms with van der Waals surface area (Å²) in [5, 5.41) is 0. The topological polar surface area (TPSA) is 52.6 Å². The third-order valence-corrected chi connectivity index (χ3v) is 5.72. The second-order valence-electron chi connectivity index (χ2n) is 3.15. The Balaban J connectivity index is 4.53. The molecule has 0 radical (unpaired) electrons. The van der Waals surface area contributed by atoms with Crippen LogP contribution in [-0.4, -0.2) is 23.6 Å². The van der Waals surface area contributed by atoms with Gasteiger partial charge in [-0.25, -0.2) is 0 Å². The monoisotopic (exact) mass is 300 g/mol. The molecule has 0 aliphatic rings. The molecule has 0 aromatic rings. The molecule has 0 saturated heterocycles. The van der Waals surface area contributed by atoms with Crippen LogP contribution in [0.2, 0.25) is 0 Å². The Kier molecular flexibility index (Phi) is 7.70. The number of carbonyl (C=O) groups is 1. The van der Waals surface area contributed by atoms with Crippen molar-refractivity contribution in [2.45, 2.75) is 38.2 Å². The van der Waals surface area contributed by atoms with E-state index in [2.05, 4.69) is 15.9 Å². The van der Waals surface area contributed by atoms with E-state index in [4.69, 9.17) is 9.05 Å². The SMILES string of the molecule is CCCOP(=O)(OCCC)C(Br)C(C)=O. The van der Waals surface area contributed by atoms with Gasteiger partial charge in [0.2, 0.25) is 0 Å². The normalized spacial score (nSPS) is 13.9. The molecule has 15 heavy (non-hydrogen) atoms. The van der Waals surface area contributed by atoms with E-state index in [9.17, 15) is 9.36 Å². The first kappa shape index (κ1) is 15.3. The second kappa shape index (κ2) is 7.55. The first-order valence-corrected chi connectivity index (χ1v) is 7.54. The molecule has 4 nitrogen and oxygen atoms in total. The predicted octanol–water partition coefficient (Wildman–Crippen LogP) is 3.34. The van der Waals surface area contributed by atoms with Crippen molar-refractivity contribution in [3.8, 4) is 0 Å². The van der Waals surface area contributed by atoms with Crippen LogP contribution in [-0.2, 0) is 18.4 Å². The summed E-state index contributed by atoms with van der Waals surface area (Å²) < 4.78 is 21.6. The van der Waals surface area contributed by atoms with Gasteiger partial charge in [-0.1, -0.05) is 29.8 Å². The van der Waals surface area contributed by atoms with Crippen molar-refractivity contribution < 1.29 is 18.4 Å². The Morgan fingerprint density at radius 3 is 1.93 bits per heavy atom. The maximum atomic E-state index is 12.2. The van der Waals surface area contributed by atoms with Gasteiger partial charge in [0.1, 0.15) is 0 Å². The molecule has 0 amide bonds. The molecule has 0 aliphatic carbocycles. The fourth-order valence-corrected chi connectivity index (χ4v) is 3.19. The van der Waals surface area contributed by atoms with Crippen LogP contribution >= 0.6 is 23.5 Å². The van der Waals surface area contributed by atoms with E-state index in [0.717, 1.165) is 12.8 Å². The third kappa shape index (κ3) is 5.25. The summed E-state index contributed by atoms with van der Waals surface area (Å²) in [7, 11) is -3.33. The molecule has 1 unspecified atom stereocenters. The van der Waals surface area contributed by atoms with Crippen molar-refractivity contribution in [2.75, 3.05) is 13.2 Å². The third-order valence-electron chi connectivity index (χ3n) is 1.56. The van der Waals surface area contributed by atoms with Gasteiger partial charge in [0.05, 0.1) is 13.2 Å². The Morgan fingerprint density at radius 2 is 1.67 bits per heavy atom. The molecule has 0 aliphatic heterocycles. The number of halogens is 1. The number of rotatable bonds is 8. The van der Waals surface area contributed by atoms with E-state index in [-0.39, 0.29) is 5.78 Å². The zero-order chi connectivity index (χ0) is 11.9. The highest BCUT2D eigenvalue weighted by Crippen LogP contribution is 2.56. The summed E-state index contributed by atoms with van der Waals surface area (Å²) in [6.45, 7) is 5.83. The van der Waals surface area contributed by atoms with Crippen LogP contribution in [0.25, 0.3) is 0 Å². The standard InChI is InChI=1S/C9H18BrO4P/c1-4-6-13-15(12,14-7-5-2)9(10)8(3)11/h9H,4-7H2,1-3H3. The summed E-state index contributed by atoms with van der Waals surface area (Å²) in [5.41, 5.74) is 0. The lowest BCUT2D eigenvalue weighted by atomic mass is 10.5. The van der Waals surface area contributed by atoms with E-state index in [1.54, 1.807) is 0 Å². The molecule has 1 atom stereocenters. The second-order valence-corrected chi connectivity index (χ2v) is 6.89. The molecule has 90 valence electrons. The van der Waals surface area contributed by atoms with Crippen molar-refractivity contribution in [1.29, 1.82) is 0 Å². The highest BCUT2D eigenvalue weighted by molar-refractivity contribution is 9.11.